The molecule has 0 amide bonds. The normalized spacial score (nSPS) is 14.7. The number of carbonyl (C=O) groups is 1. The molecule has 2 aromatic heterocycles. The van der Waals surface area contributed by atoms with E-state index in [1.54, 1.807) is 6.07 Å². The van der Waals surface area contributed by atoms with E-state index in [1.165, 1.54) is 0 Å². The second kappa shape index (κ2) is 10.1. The molecule has 3 heterocycles. The standard InChI is InChI=1S/C23H29N5O4/c1-3-5-17-21-22(27-26-17)23(30)25-20(24-21)13-16-12-15(6-7-19(16)32-4-2)18(29)14-28-8-10-31-11-9-28/h6-7,12H,3-5,8-11,13-14H2,1-2H3,(H,26,27)(H,24,25,30). The number of aromatic nitrogens is 4. The maximum atomic E-state index is 12.9. The van der Waals surface area contributed by atoms with Crippen molar-refractivity contribution in [2.75, 3.05) is 39.5 Å². The molecule has 1 fully saturated rings. The average Bonchev–Trinajstić information content (AvgIpc) is 3.19. The minimum absolute atomic E-state index is 0.0492. The fourth-order valence-electron chi connectivity index (χ4n) is 3.93. The van der Waals surface area contributed by atoms with E-state index in [-0.39, 0.29) is 11.3 Å². The van der Waals surface area contributed by atoms with Crippen LogP contribution in [0, 0.1) is 0 Å². The Hall–Kier alpha value is -3.04. The molecule has 4 rings (SSSR count). The summed E-state index contributed by atoms with van der Waals surface area (Å²) in [5.41, 5.74) is 2.92. The molecule has 3 aromatic rings. The van der Waals surface area contributed by atoms with Gasteiger partial charge < -0.3 is 14.5 Å². The number of nitrogens with one attached hydrogen (secondary N) is 2. The zero-order valence-electron chi connectivity index (χ0n) is 18.6. The van der Waals surface area contributed by atoms with Crippen LogP contribution in [0.2, 0.25) is 0 Å². The monoisotopic (exact) mass is 439 g/mol. The Morgan fingerprint density at radius 1 is 1.22 bits per heavy atom. The van der Waals surface area contributed by atoms with Gasteiger partial charge in [-0.2, -0.15) is 5.10 Å². The van der Waals surface area contributed by atoms with Gasteiger partial charge in [0.25, 0.3) is 5.56 Å². The molecular weight excluding hydrogens is 410 g/mol. The third kappa shape index (κ3) is 4.89. The second-order valence-electron chi connectivity index (χ2n) is 7.91. The summed E-state index contributed by atoms with van der Waals surface area (Å²) in [6.45, 7) is 7.64. The van der Waals surface area contributed by atoms with Crippen LogP contribution in [-0.2, 0) is 17.6 Å². The van der Waals surface area contributed by atoms with Crippen molar-refractivity contribution < 1.29 is 14.3 Å². The minimum Gasteiger partial charge on any atom is -0.494 e. The van der Waals surface area contributed by atoms with Gasteiger partial charge in [-0.25, -0.2) is 4.98 Å². The number of H-pyrrole nitrogens is 2. The van der Waals surface area contributed by atoms with Crippen LogP contribution in [0.15, 0.2) is 23.0 Å². The maximum Gasteiger partial charge on any atom is 0.279 e. The van der Waals surface area contributed by atoms with Crippen molar-refractivity contribution in [3.05, 3.63) is 51.2 Å². The molecule has 9 heteroatoms. The molecule has 170 valence electrons. The summed E-state index contributed by atoms with van der Waals surface area (Å²) < 4.78 is 11.1. The van der Waals surface area contributed by atoms with Crippen LogP contribution >= 0.6 is 0 Å². The average molecular weight is 440 g/mol. The molecule has 1 aliphatic rings. The van der Waals surface area contributed by atoms with Crippen LogP contribution < -0.4 is 10.3 Å². The highest BCUT2D eigenvalue weighted by Gasteiger charge is 2.18. The van der Waals surface area contributed by atoms with Crippen LogP contribution in [0.25, 0.3) is 11.0 Å². The molecule has 32 heavy (non-hydrogen) atoms. The Bertz CT molecular complexity index is 1150. The number of ether oxygens (including phenoxy) is 2. The van der Waals surface area contributed by atoms with Crippen molar-refractivity contribution >= 4 is 16.8 Å². The van der Waals surface area contributed by atoms with Gasteiger partial charge >= 0.3 is 0 Å². The predicted octanol–water partition coefficient (Wildman–Crippen LogP) is 2.10. The first-order valence-electron chi connectivity index (χ1n) is 11.1. The first-order valence-corrected chi connectivity index (χ1v) is 11.1. The molecule has 1 saturated heterocycles. The number of aromatic amines is 2. The number of ketones is 1. The predicted molar refractivity (Wildman–Crippen MR) is 121 cm³/mol. The fourth-order valence-corrected chi connectivity index (χ4v) is 3.93. The fraction of sp³-hybridized carbons (Fsp3) is 0.478. The van der Waals surface area contributed by atoms with Gasteiger partial charge in [0.1, 0.15) is 17.1 Å². The smallest absolute Gasteiger partial charge is 0.279 e. The van der Waals surface area contributed by atoms with Crippen molar-refractivity contribution in [1.29, 1.82) is 0 Å². The number of benzene rings is 1. The lowest BCUT2D eigenvalue weighted by Gasteiger charge is -2.25. The molecule has 9 nitrogen and oxygen atoms in total. The quantitative estimate of drug-likeness (QED) is 0.491. The third-order valence-electron chi connectivity index (χ3n) is 5.54. The number of rotatable bonds is 9. The summed E-state index contributed by atoms with van der Waals surface area (Å²) in [6.07, 6.45) is 2.03. The molecule has 0 saturated carbocycles. The van der Waals surface area contributed by atoms with Crippen LogP contribution in [-0.4, -0.2) is 70.3 Å². The van der Waals surface area contributed by atoms with Crippen molar-refractivity contribution in [2.45, 2.75) is 33.1 Å². The maximum absolute atomic E-state index is 12.9. The number of carbonyl (C=O) groups excluding carboxylic acids is 1. The molecule has 0 unspecified atom stereocenters. The van der Waals surface area contributed by atoms with Crippen molar-refractivity contribution in [2.24, 2.45) is 0 Å². The summed E-state index contributed by atoms with van der Waals surface area (Å²) in [5, 5.41) is 7.04. The third-order valence-corrected chi connectivity index (χ3v) is 5.54. The van der Waals surface area contributed by atoms with Gasteiger partial charge in [0, 0.05) is 30.6 Å². The van der Waals surface area contributed by atoms with Crippen LogP contribution in [0.1, 0.15) is 47.7 Å². The molecule has 1 aromatic carbocycles. The van der Waals surface area contributed by atoms with E-state index >= 15 is 0 Å². The zero-order chi connectivity index (χ0) is 22.5. The second-order valence-corrected chi connectivity index (χ2v) is 7.91. The summed E-state index contributed by atoms with van der Waals surface area (Å²) in [5.74, 6) is 1.24. The number of hydrogen-bond acceptors (Lipinski definition) is 7. The van der Waals surface area contributed by atoms with Crippen molar-refractivity contribution in [3.63, 3.8) is 0 Å². The van der Waals surface area contributed by atoms with Gasteiger partial charge in [0.2, 0.25) is 0 Å². The molecule has 2 N–H and O–H groups in total. The van der Waals surface area contributed by atoms with Gasteiger partial charge in [-0.05, 0) is 31.5 Å². The van der Waals surface area contributed by atoms with Gasteiger partial charge in [-0.15, -0.1) is 0 Å². The van der Waals surface area contributed by atoms with Crippen molar-refractivity contribution in [1.82, 2.24) is 25.1 Å². The van der Waals surface area contributed by atoms with E-state index in [0.29, 0.717) is 61.0 Å². The van der Waals surface area contributed by atoms with Gasteiger partial charge in [-0.3, -0.25) is 19.6 Å². The van der Waals surface area contributed by atoms with Gasteiger partial charge in [0.15, 0.2) is 11.3 Å². The summed E-state index contributed by atoms with van der Waals surface area (Å²) in [4.78, 5) is 35.0. The zero-order valence-corrected chi connectivity index (χ0v) is 18.6. The lowest BCUT2D eigenvalue weighted by atomic mass is 10.0. The molecule has 1 aliphatic heterocycles. The van der Waals surface area contributed by atoms with Gasteiger partial charge in [0.05, 0.1) is 32.1 Å². The summed E-state index contributed by atoms with van der Waals surface area (Å²) >= 11 is 0. The van der Waals surface area contributed by atoms with E-state index < -0.39 is 0 Å². The highest BCUT2D eigenvalue weighted by Crippen LogP contribution is 2.24. The van der Waals surface area contributed by atoms with E-state index in [0.717, 1.165) is 37.2 Å². The Morgan fingerprint density at radius 3 is 2.78 bits per heavy atom. The molecule has 0 atom stereocenters. The first-order chi connectivity index (χ1) is 15.6. The number of morpholine rings is 1. The Kier molecular flexibility index (Phi) is 6.96. The van der Waals surface area contributed by atoms with E-state index in [2.05, 4.69) is 32.0 Å². The molecular formula is C23H29N5O4. The lowest BCUT2D eigenvalue weighted by Crippen LogP contribution is -2.39. The first kappa shape index (κ1) is 22.2. The number of nitrogens with zero attached hydrogens (tertiary/aromatic N) is 3. The molecule has 0 aliphatic carbocycles. The highest BCUT2D eigenvalue weighted by molar-refractivity contribution is 5.98. The molecule has 0 bridgehead atoms. The van der Waals surface area contributed by atoms with Crippen LogP contribution in [0.5, 0.6) is 5.75 Å². The Labute approximate surface area is 186 Å². The van der Waals surface area contributed by atoms with E-state index in [9.17, 15) is 9.59 Å². The molecule has 0 spiro atoms. The minimum atomic E-state index is -0.277. The Morgan fingerprint density at radius 2 is 2.03 bits per heavy atom. The summed E-state index contributed by atoms with van der Waals surface area (Å²) in [7, 11) is 0. The number of hydrogen-bond donors (Lipinski definition) is 2. The lowest BCUT2D eigenvalue weighted by molar-refractivity contribution is 0.0371. The number of fused-ring (bicyclic) bond motifs is 1. The van der Waals surface area contributed by atoms with Gasteiger partial charge in [-0.1, -0.05) is 13.3 Å². The number of aryl methyl sites for hydroxylation is 1. The largest absolute Gasteiger partial charge is 0.494 e. The Balaban J connectivity index is 1.62. The van der Waals surface area contributed by atoms with E-state index in [1.807, 2.05) is 19.1 Å². The molecule has 0 radical (unpaired) electrons. The van der Waals surface area contributed by atoms with Crippen LogP contribution in [0.4, 0.5) is 0 Å². The SMILES string of the molecule is CCCc1[nH]nc2c(=O)[nH]c(Cc3cc(C(=O)CN4CCOCC4)ccc3OCC)nc12. The highest BCUT2D eigenvalue weighted by atomic mass is 16.5. The topological polar surface area (TPSA) is 113 Å². The summed E-state index contributed by atoms with van der Waals surface area (Å²) in [6, 6.07) is 5.47. The van der Waals surface area contributed by atoms with E-state index in [4.69, 9.17) is 9.47 Å². The van der Waals surface area contributed by atoms with Crippen molar-refractivity contribution in [3.8, 4) is 5.75 Å². The van der Waals surface area contributed by atoms with Crippen LogP contribution in [0.3, 0.4) is 0 Å². The number of Topliss-reactive ketones (excluding diaryl/α,β-unsaturated/α-hetero) is 1.